The maximum absolute atomic E-state index is 13.0. The van der Waals surface area contributed by atoms with Gasteiger partial charge >= 0.3 is 6.03 Å². The number of urea groups is 1. The molecule has 7 heteroatoms. The molecule has 2 aromatic rings. The van der Waals surface area contributed by atoms with Crippen molar-refractivity contribution in [3.05, 3.63) is 36.0 Å². The molecule has 2 atom stereocenters. The zero-order valence-corrected chi connectivity index (χ0v) is 14.5. The Bertz CT molecular complexity index is 716. The van der Waals surface area contributed by atoms with Gasteiger partial charge in [-0.3, -0.25) is 0 Å². The Balaban J connectivity index is 1.62. The highest BCUT2D eigenvalue weighted by Crippen LogP contribution is 2.20. The molecule has 2 heterocycles. The van der Waals surface area contributed by atoms with Crippen LogP contribution in [0.5, 0.6) is 0 Å². The van der Waals surface area contributed by atoms with Crippen molar-refractivity contribution >= 4 is 6.03 Å². The highest BCUT2D eigenvalue weighted by Gasteiger charge is 2.22. The Labute approximate surface area is 146 Å². The van der Waals surface area contributed by atoms with Gasteiger partial charge in [0.15, 0.2) is 0 Å². The molecule has 1 aromatic heterocycles. The molecular formula is C18H23FN4O2. The average molecular weight is 346 g/mol. The Morgan fingerprint density at radius 3 is 2.84 bits per heavy atom. The monoisotopic (exact) mass is 346 g/mol. The maximum atomic E-state index is 13.0. The molecule has 1 aliphatic rings. The molecule has 25 heavy (non-hydrogen) atoms. The summed E-state index contributed by atoms with van der Waals surface area (Å²) in [6, 6.07) is 5.36. The second-order valence-corrected chi connectivity index (χ2v) is 6.66. The summed E-state index contributed by atoms with van der Waals surface area (Å²) in [5, 5.41) is 6.82. The van der Waals surface area contributed by atoms with Gasteiger partial charge < -0.3 is 14.7 Å². The SMILES string of the molecule is C[C@@H]1CCCN(C(=O)N[C@@H](C)c2nc(-c3ccc(F)cc3)no2)CC1. The Hall–Kier alpha value is -2.44. The molecule has 0 unspecified atom stereocenters. The highest BCUT2D eigenvalue weighted by atomic mass is 19.1. The summed E-state index contributed by atoms with van der Waals surface area (Å²) in [4.78, 5) is 18.6. The standard InChI is InChI=1S/C18H23FN4O2/c1-12-4-3-10-23(11-9-12)18(24)20-13(2)17-21-16(22-25-17)14-5-7-15(19)8-6-14/h5-8,12-13H,3-4,9-11H2,1-2H3,(H,20,24)/t12-,13+/m1/s1. The van der Waals surface area contributed by atoms with Crippen LogP contribution in [-0.4, -0.2) is 34.2 Å². The van der Waals surface area contributed by atoms with Crippen LogP contribution in [0.2, 0.25) is 0 Å². The van der Waals surface area contributed by atoms with Crippen LogP contribution in [0.3, 0.4) is 0 Å². The fraction of sp³-hybridized carbons (Fsp3) is 0.500. The van der Waals surface area contributed by atoms with Crippen LogP contribution in [0.25, 0.3) is 11.4 Å². The lowest BCUT2D eigenvalue weighted by molar-refractivity contribution is 0.193. The minimum absolute atomic E-state index is 0.108. The first-order valence-corrected chi connectivity index (χ1v) is 8.68. The zero-order chi connectivity index (χ0) is 17.8. The minimum Gasteiger partial charge on any atom is -0.337 e. The van der Waals surface area contributed by atoms with E-state index in [1.807, 2.05) is 4.90 Å². The minimum atomic E-state index is -0.394. The summed E-state index contributed by atoms with van der Waals surface area (Å²) >= 11 is 0. The van der Waals surface area contributed by atoms with Gasteiger partial charge in [0.05, 0.1) is 0 Å². The summed E-state index contributed by atoms with van der Waals surface area (Å²) in [6.45, 7) is 5.57. The predicted molar refractivity (Wildman–Crippen MR) is 91.2 cm³/mol. The van der Waals surface area contributed by atoms with Crippen molar-refractivity contribution < 1.29 is 13.7 Å². The van der Waals surface area contributed by atoms with Crippen molar-refractivity contribution in [2.45, 2.75) is 39.2 Å². The van der Waals surface area contributed by atoms with Gasteiger partial charge in [-0.05, 0) is 56.4 Å². The predicted octanol–water partition coefficient (Wildman–Crippen LogP) is 3.77. The third-order valence-electron chi connectivity index (χ3n) is 4.56. The van der Waals surface area contributed by atoms with Crippen molar-refractivity contribution in [2.24, 2.45) is 5.92 Å². The van der Waals surface area contributed by atoms with Gasteiger partial charge in [-0.15, -0.1) is 0 Å². The van der Waals surface area contributed by atoms with E-state index in [-0.39, 0.29) is 11.8 Å². The highest BCUT2D eigenvalue weighted by molar-refractivity contribution is 5.74. The van der Waals surface area contributed by atoms with Gasteiger partial charge in [0.1, 0.15) is 11.9 Å². The number of aromatic nitrogens is 2. The number of hydrogen-bond acceptors (Lipinski definition) is 4. The summed E-state index contributed by atoms with van der Waals surface area (Å²) < 4.78 is 18.2. The van der Waals surface area contributed by atoms with Crippen molar-refractivity contribution in [1.29, 1.82) is 0 Å². The molecule has 0 bridgehead atoms. The van der Waals surface area contributed by atoms with Crippen LogP contribution in [0, 0.1) is 11.7 Å². The molecule has 0 aliphatic carbocycles. The molecule has 2 amide bonds. The van der Waals surface area contributed by atoms with Crippen LogP contribution in [0.15, 0.2) is 28.8 Å². The van der Waals surface area contributed by atoms with E-state index in [0.717, 1.165) is 32.4 Å². The maximum Gasteiger partial charge on any atom is 0.318 e. The molecule has 1 N–H and O–H groups in total. The number of hydrogen-bond donors (Lipinski definition) is 1. The summed E-state index contributed by atoms with van der Waals surface area (Å²) in [7, 11) is 0. The molecule has 3 rings (SSSR count). The molecule has 134 valence electrons. The van der Waals surface area contributed by atoms with Crippen LogP contribution in [0.4, 0.5) is 9.18 Å². The first kappa shape index (κ1) is 17.4. The average Bonchev–Trinajstić information content (AvgIpc) is 2.98. The number of rotatable bonds is 3. The number of carbonyl (C=O) groups excluding carboxylic acids is 1. The van der Waals surface area contributed by atoms with E-state index in [4.69, 9.17) is 4.52 Å². The van der Waals surface area contributed by atoms with Gasteiger partial charge in [-0.2, -0.15) is 4.98 Å². The Kier molecular flexibility index (Phi) is 5.31. The second kappa shape index (κ2) is 7.63. The third kappa shape index (κ3) is 4.35. The molecule has 1 saturated heterocycles. The molecule has 1 aromatic carbocycles. The fourth-order valence-corrected chi connectivity index (χ4v) is 2.93. The first-order chi connectivity index (χ1) is 12.0. The topological polar surface area (TPSA) is 71.3 Å². The number of carbonyl (C=O) groups is 1. The molecule has 6 nitrogen and oxygen atoms in total. The van der Waals surface area contributed by atoms with E-state index in [1.165, 1.54) is 12.1 Å². The summed E-state index contributed by atoms with van der Waals surface area (Å²) in [5.74, 6) is 1.04. The quantitative estimate of drug-likeness (QED) is 0.918. The zero-order valence-electron chi connectivity index (χ0n) is 14.5. The van der Waals surface area contributed by atoms with Crippen molar-refractivity contribution in [2.75, 3.05) is 13.1 Å². The van der Waals surface area contributed by atoms with E-state index < -0.39 is 6.04 Å². The molecule has 1 aliphatic heterocycles. The largest absolute Gasteiger partial charge is 0.337 e. The van der Waals surface area contributed by atoms with Crippen LogP contribution in [0.1, 0.15) is 45.0 Å². The lowest BCUT2D eigenvalue weighted by Crippen LogP contribution is -2.41. The van der Waals surface area contributed by atoms with Crippen LogP contribution >= 0.6 is 0 Å². The Morgan fingerprint density at radius 1 is 1.32 bits per heavy atom. The second-order valence-electron chi connectivity index (χ2n) is 6.66. The summed E-state index contributed by atoms with van der Waals surface area (Å²) in [5.41, 5.74) is 0.663. The smallest absolute Gasteiger partial charge is 0.318 e. The molecule has 0 saturated carbocycles. The van der Waals surface area contributed by atoms with Gasteiger partial charge in [-0.25, -0.2) is 9.18 Å². The van der Waals surface area contributed by atoms with Crippen molar-refractivity contribution in [1.82, 2.24) is 20.4 Å². The van der Waals surface area contributed by atoms with E-state index in [1.54, 1.807) is 19.1 Å². The first-order valence-electron chi connectivity index (χ1n) is 8.68. The molecule has 1 fully saturated rings. The van der Waals surface area contributed by atoms with Gasteiger partial charge in [0.2, 0.25) is 11.7 Å². The molecular weight excluding hydrogens is 323 g/mol. The fourth-order valence-electron chi connectivity index (χ4n) is 2.93. The number of likely N-dealkylation sites (tertiary alicyclic amines) is 1. The van der Waals surface area contributed by atoms with E-state index in [2.05, 4.69) is 22.4 Å². The normalized spacial score (nSPS) is 19.3. The van der Waals surface area contributed by atoms with Crippen molar-refractivity contribution in [3.8, 4) is 11.4 Å². The van der Waals surface area contributed by atoms with Gasteiger partial charge in [-0.1, -0.05) is 12.1 Å². The number of amides is 2. The number of halogens is 1. The lowest BCUT2D eigenvalue weighted by Gasteiger charge is -2.22. The van der Waals surface area contributed by atoms with E-state index in [9.17, 15) is 9.18 Å². The van der Waals surface area contributed by atoms with Crippen molar-refractivity contribution in [3.63, 3.8) is 0 Å². The third-order valence-corrected chi connectivity index (χ3v) is 4.56. The van der Waals surface area contributed by atoms with Gasteiger partial charge in [0.25, 0.3) is 0 Å². The Morgan fingerprint density at radius 2 is 2.08 bits per heavy atom. The number of nitrogens with zero attached hydrogens (tertiary/aromatic N) is 3. The van der Waals surface area contributed by atoms with Crippen LogP contribution in [-0.2, 0) is 0 Å². The van der Waals surface area contributed by atoms with E-state index in [0.29, 0.717) is 23.2 Å². The van der Waals surface area contributed by atoms with Crippen LogP contribution < -0.4 is 5.32 Å². The lowest BCUT2D eigenvalue weighted by atomic mass is 10.0. The van der Waals surface area contributed by atoms with Gasteiger partial charge in [0, 0.05) is 18.7 Å². The molecule has 0 spiro atoms. The number of benzene rings is 1. The summed E-state index contributed by atoms with van der Waals surface area (Å²) in [6.07, 6.45) is 3.21. The number of nitrogens with one attached hydrogen (secondary N) is 1. The van der Waals surface area contributed by atoms with E-state index >= 15 is 0 Å². The molecule has 0 radical (unpaired) electrons.